The van der Waals surface area contributed by atoms with Crippen LogP contribution in [0.3, 0.4) is 0 Å². The Morgan fingerprint density at radius 2 is 2.00 bits per heavy atom. The maximum Gasteiger partial charge on any atom is 0.410 e. The summed E-state index contributed by atoms with van der Waals surface area (Å²) in [6, 6.07) is 0.355. The van der Waals surface area contributed by atoms with E-state index in [-0.39, 0.29) is 12.2 Å². The first-order valence-corrected chi connectivity index (χ1v) is 6.23. The Labute approximate surface area is 97.5 Å². The second-order valence-corrected chi connectivity index (χ2v) is 5.25. The number of likely N-dealkylation sites (N-methyl/N-ethyl adjacent to an activating group) is 1. The van der Waals surface area contributed by atoms with E-state index in [1.807, 2.05) is 20.9 Å². The maximum atomic E-state index is 11.8. The first-order chi connectivity index (χ1) is 7.58. The summed E-state index contributed by atoms with van der Waals surface area (Å²) in [4.78, 5) is 16.1. The molecule has 0 aromatic carbocycles. The second-order valence-electron chi connectivity index (χ2n) is 5.25. The smallest absolute Gasteiger partial charge is 0.410 e. The molecule has 3 aliphatic heterocycles. The molecular formula is C12H22N2O2. The predicted molar refractivity (Wildman–Crippen MR) is 62.3 cm³/mol. The number of hydrogen-bond donors (Lipinski definition) is 0. The monoisotopic (exact) mass is 226 g/mol. The molecule has 3 rings (SSSR count). The van der Waals surface area contributed by atoms with Crippen LogP contribution in [-0.2, 0) is 4.74 Å². The number of hydrogen-bond acceptors (Lipinski definition) is 3. The third-order valence-corrected chi connectivity index (χ3v) is 3.74. The van der Waals surface area contributed by atoms with E-state index >= 15 is 0 Å². The van der Waals surface area contributed by atoms with E-state index in [2.05, 4.69) is 4.90 Å². The van der Waals surface area contributed by atoms with Crippen molar-refractivity contribution >= 4 is 6.09 Å². The zero-order chi connectivity index (χ0) is 11.7. The van der Waals surface area contributed by atoms with Gasteiger partial charge in [-0.25, -0.2) is 4.79 Å². The molecule has 16 heavy (non-hydrogen) atoms. The largest absolute Gasteiger partial charge is 0.447 e. The Morgan fingerprint density at radius 3 is 2.44 bits per heavy atom. The lowest BCUT2D eigenvalue weighted by Gasteiger charge is -2.47. The van der Waals surface area contributed by atoms with Crippen LogP contribution in [0.2, 0.25) is 0 Å². The van der Waals surface area contributed by atoms with Crippen molar-refractivity contribution in [2.75, 3.05) is 26.7 Å². The van der Waals surface area contributed by atoms with Gasteiger partial charge in [0.1, 0.15) is 0 Å². The molecule has 92 valence electrons. The number of carbonyl (C=O) groups is 1. The van der Waals surface area contributed by atoms with Gasteiger partial charge in [-0.1, -0.05) is 0 Å². The molecule has 0 N–H and O–H groups in total. The molecule has 2 bridgehead atoms. The number of fused-ring (bicyclic) bond motifs is 3. The van der Waals surface area contributed by atoms with Crippen LogP contribution in [0.4, 0.5) is 4.79 Å². The zero-order valence-electron chi connectivity index (χ0n) is 10.5. The summed E-state index contributed by atoms with van der Waals surface area (Å²) in [5, 5.41) is 0. The summed E-state index contributed by atoms with van der Waals surface area (Å²) in [5.74, 6) is 0.676. The number of nitrogens with zero attached hydrogens (tertiary/aromatic N) is 2. The molecule has 0 radical (unpaired) electrons. The Bertz CT molecular complexity index is 260. The summed E-state index contributed by atoms with van der Waals surface area (Å²) in [7, 11) is 1.87. The van der Waals surface area contributed by atoms with Crippen LogP contribution in [0.1, 0.15) is 26.7 Å². The molecular weight excluding hydrogens is 204 g/mol. The Balaban J connectivity index is 1.94. The third-order valence-electron chi connectivity index (χ3n) is 3.74. The Kier molecular flexibility index (Phi) is 3.38. The number of piperidine rings is 3. The van der Waals surface area contributed by atoms with E-state index < -0.39 is 0 Å². The fraction of sp³-hybridized carbons (Fsp3) is 0.917. The topological polar surface area (TPSA) is 32.8 Å². The normalized spacial score (nSPS) is 32.9. The van der Waals surface area contributed by atoms with Crippen molar-refractivity contribution in [2.45, 2.75) is 38.8 Å². The van der Waals surface area contributed by atoms with Crippen molar-refractivity contribution in [1.82, 2.24) is 9.80 Å². The Hall–Kier alpha value is -0.770. The highest BCUT2D eigenvalue weighted by atomic mass is 16.6. The van der Waals surface area contributed by atoms with Crippen LogP contribution >= 0.6 is 0 Å². The third kappa shape index (κ3) is 2.32. The highest BCUT2D eigenvalue weighted by Crippen LogP contribution is 2.30. The van der Waals surface area contributed by atoms with Gasteiger partial charge in [0.05, 0.1) is 12.1 Å². The van der Waals surface area contributed by atoms with Crippen molar-refractivity contribution in [3.8, 4) is 0 Å². The van der Waals surface area contributed by atoms with Crippen molar-refractivity contribution < 1.29 is 9.53 Å². The summed E-state index contributed by atoms with van der Waals surface area (Å²) in [6.45, 7) is 7.21. The van der Waals surface area contributed by atoms with E-state index in [4.69, 9.17) is 4.74 Å². The molecule has 1 unspecified atom stereocenters. The van der Waals surface area contributed by atoms with E-state index in [1.54, 1.807) is 4.90 Å². The molecule has 0 spiro atoms. The van der Waals surface area contributed by atoms with Crippen LogP contribution in [0.15, 0.2) is 0 Å². The molecule has 0 saturated carbocycles. The number of ether oxygens (including phenoxy) is 1. The maximum absolute atomic E-state index is 11.8. The van der Waals surface area contributed by atoms with Gasteiger partial charge in [0.2, 0.25) is 0 Å². The summed E-state index contributed by atoms with van der Waals surface area (Å²) in [6.07, 6.45) is 2.25. The molecule has 1 amide bonds. The molecule has 1 atom stereocenters. The average Bonchev–Trinajstić information content (AvgIpc) is 2.28. The van der Waals surface area contributed by atoms with Crippen molar-refractivity contribution in [2.24, 2.45) is 5.92 Å². The van der Waals surface area contributed by atoms with Crippen LogP contribution in [0, 0.1) is 5.92 Å². The number of carbonyl (C=O) groups excluding carboxylic acids is 1. The highest BCUT2D eigenvalue weighted by molar-refractivity contribution is 5.68. The molecule has 0 aliphatic carbocycles. The van der Waals surface area contributed by atoms with Crippen LogP contribution in [-0.4, -0.2) is 54.7 Å². The predicted octanol–water partition coefficient (Wildman–Crippen LogP) is 1.56. The molecule has 0 aromatic heterocycles. The van der Waals surface area contributed by atoms with Gasteiger partial charge in [0.25, 0.3) is 0 Å². The van der Waals surface area contributed by atoms with Gasteiger partial charge < -0.3 is 14.5 Å². The molecule has 4 heteroatoms. The van der Waals surface area contributed by atoms with Crippen LogP contribution in [0.25, 0.3) is 0 Å². The van der Waals surface area contributed by atoms with Crippen molar-refractivity contribution in [3.05, 3.63) is 0 Å². The van der Waals surface area contributed by atoms with E-state index in [1.165, 1.54) is 25.9 Å². The van der Waals surface area contributed by atoms with Gasteiger partial charge in [0, 0.05) is 13.6 Å². The van der Waals surface area contributed by atoms with Crippen LogP contribution in [0.5, 0.6) is 0 Å². The summed E-state index contributed by atoms with van der Waals surface area (Å²) in [5.41, 5.74) is 0. The minimum Gasteiger partial charge on any atom is -0.447 e. The molecule has 3 heterocycles. The fourth-order valence-electron chi connectivity index (χ4n) is 2.79. The highest BCUT2D eigenvalue weighted by Gasteiger charge is 2.38. The van der Waals surface area contributed by atoms with Gasteiger partial charge in [-0.15, -0.1) is 0 Å². The molecule has 4 nitrogen and oxygen atoms in total. The van der Waals surface area contributed by atoms with Crippen molar-refractivity contribution in [1.29, 1.82) is 0 Å². The van der Waals surface area contributed by atoms with Gasteiger partial charge in [-0.05, 0) is 45.7 Å². The lowest BCUT2D eigenvalue weighted by atomic mass is 9.83. The quantitative estimate of drug-likeness (QED) is 0.716. The standard InChI is InChI=1S/C12H22N2O2/c1-9(2)16-12(15)13(3)11-8-14-6-4-10(11)5-7-14/h9-11H,4-8H2,1-3H3. The van der Waals surface area contributed by atoms with E-state index in [0.29, 0.717) is 12.0 Å². The summed E-state index contributed by atoms with van der Waals surface area (Å²) >= 11 is 0. The van der Waals surface area contributed by atoms with Gasteiger partial charge in [0.15, 0.2) is 0 Å². The second kappa shape index (κ2) is 4.62. The lowest BCUT2D eigenvalue weighted by molar-refractivity contribution is 0.00491. The SMILES string of the molecule is CC(C)OC(=O)N(C)C1CN2CCC1CC2. The van der Waals surface area contributed by atoms with E-state index in [0.717, 1.165) is 6.54 Å². The molecule has 3 saturated heterocycles. The van der Waals surface area contributed by atoms with Gasteiger partial charge in [-0.3, -0.25) is 0 Å². The average molecular weight is 226 g/mol. The lowest BCUT2D eigenvalue weighted by Crippen LogP contribution is -2.57. The molecule has 3 fully saturated rings. The van der Waals surface area contributed by atoms with Gasteiger partial charge >= 0.3 is 6.09 Å². The number of rotatable bonds is 2. The van der Waals surface area contributed by atoms with Crippen molar-refractivity contribution in [3.63, 3.8) is 0 Å². The first-order valence-electron chi connectivity index (χ1n) is 6.23. The molecule has 0 aromatic rings. The Morgan fingerprint density at radius 1 is 1.38 bits per heavy atom. The zero-order valence-corrected chi connectivity index (χ0v) is 10.5. The van der Waals surface area contributed by atoms with Crippen LogP contribution < -0.4 is 0 Å². The summed E-state index contributed by atoms with van der Waals surface area (Å²) < 4.78 is 5.24. The molecule has 3 aliphatic rings. The fourth-order valence-corrected chi connectivity index (χ4v) is 2.79. The minimum atomic E-state index is -0.172. The van der Waals surface area contributed by atoms with Gasteiger partial charge in [-0.2, -0.15) is 0 Å². The first kappa shape index (κ1) is 11.7. The van der Waals surface area contributed by atoms with E-state index in [9.17, 15) is 4.79 Å². The number of amides is 1. The minimum absolute atomic E-state index is 0.0314.